The van der Waals surface area contributed by atoms with Crippen molar-refractivity contribution in [1.29, 1.82) is 0 Å². The second-order valence-electron chi connectivity index (χ2n) is 10.4. The SMILES string of the molecule is Cn1nc(C(F)F)cc1Nc1nncn1[C@H]1CCc2sc(NC(=O)[C@H]3CC3(F)F)c(C(=O)NC[C@H]3C[C@H]3F)c2C1. The number of amides is 2. The number of thiophene rings is 1. The lowest BCUT2D eigenvalue weighted by atomic mass is 9.91. The largest absolute Gasteiger partial charge is 0.352 e. The second kappa shape index (κ2) is 9.82. The van der Waals surface area contributed by atoms with E-state index in [0.29, 0.717) is 31.2 Å². The molecule has 0 unspecified atom stereocenters. The highest BCUT2D eigenvalue weighted by atomic mass is 32.1. The first-order valence-corrected chi connectivity index (χ1v) is 13.6. The minimum atomic E-state index is -3.06. The van der Waals surface area contributed by atoms with Gasteiger partial charge in [0.25, 0.3) is 18.3 Å². The van der Waals surface area contributed by atoms with Crippen molar-refractivity contribution in [1.82, 2.24) is 29.9 Å². The van der Waals surface area contributed by atoms with E-state index in [1.165, 1.54) is 35.5 Å². The molecule has 3 heterocycles. The monoisotopic (exact) mass is 584 g/mol. The zero-order valence-corrected chi connectivity index (χ0v) is 22.0. The van der Waals surface area contributed by atoms with Crippen molar-refractivity contribution in [3.63, 3.8) is 0 Å². The molecule has 2 fully saturated rings. The van der Waals surface area contributed by atoms with Gasteiger partial charge in [-0.05, 0) is 31.2 Å². The third-order valence-electron chi connectivity index (χ3n) is 7.53. The fourth-order valence-electron chi connectivity index (χ4n) is 4.99. The number of aromatic nitrogens is 5. The maximum Gasteiger partial charge on any atom is 0.282 e. The van der Waals surface area contributed by atoms with Crippen LogP contribution < -0.4 is 16.0 Å². The van der Waals surface area contributed by atoms with E-state index in [-0.39, 0.29) is 40.8 Å². The molecule has 6 rings (SSSR count). The molecule has 16 heteroatoms. The minimum Gasteiger partial charge on any atom is -0.352 e. The Labute approximate surface area is 228 Å². The van der Waals surface area contributed by atoms with Gasteiger partial charge in [-0.25, -0.2) is 22.0 Å². The molecule has 3 aromatic heterocycles. The van der Waals surface area contributed by atoms with Crippen LogP contribution in [0, 0.1) is 11.8 Å². The molecule has 2 amide bonds. The van der Waals surface area contributed by atoms with Crippen LogP contribution in [-0.4, -0.2) is 55.0 Å². The van der Waals surface area contributed by atoms with Crippen LogP contribution in [0.3, 0.4) is 0 Å². The number of halogens is 5. The first-order valence-electron chi connectivity index (χ1n) is 12.8. The van der Waals surface area contributed by atoms with Crippen molar-refractivity contribution in [2.45, 2.75) is 56.7 Å². The summed E-state index contributed by atoms with van der Waals surface area (Å²) in [5, 5.41) is 20.3. The Morgan fingerprint density at radius 2 is 2.05 bits per heavy atom. The van der Waals surface area contributed by atoms with Gasteiger partial charge in [-0.15, -0.1) is 21.5 Å². The molecular weight excluding hydrogens is 559 g/mol. The first kappa shape index (κ1) is 26.7. The van der Waals surface area contributed by atoms with Crippen LogP contribution in [-0.2, 0) is 24.7 Å². The third-order valence-corrected chi connectivity index (χ3v) is 8.74. The van der Waals surface area contributed by atoms with Crippen LogP contribution in [0.5, 0.6) is 0 Å². The summed E-state index contributed by atoms with van der Waals surface area (Å²) in [7, 11) is 1.51. The summed E-state index contributed by atoms with van der Waals surface area (Å²) in [6.45, 7) is 0.132. The molecule has 0 bridgehead atoms. The number of anilines is 3. The number of hydrogen-bond donors (Lipinski definition) is 3. The van der Waals surface area contributed by atoms with Gasteiger partial charge in [-0.2, -0.15) is 5.10 Å². The Bertz CT molecular complexity index is 1470. The molecule has 3 aliphatic rings. The summed E-state index contributed by atoms with van der Waals surface area (Å²) in [5.74, 6) is -5.54. The maximum absolute atomic E-state index is 13.5. The van der Waals surface area contributed by atoms with Crippen LogP contribution >= 0.6 is 11.3 Å². The van der Waals surface area contributed by atoms with E-state index in [2.05, 4.69) is 31.2 Å². The number of fused-ring (bicyclic) bond motifs is 1. The lowest BCUT2D eigenvalue weighted by Gasteiger charge is -2.25. The predicted octanol–water partition coefficient (Wildman–Crippen LogP) is 4.17. The van der Waals surface area contributed by atoms with Gasteiger partial charge < -0.3 is 16.0 Å². The van der Waals surface area contributed by atoms with E-state index in [1.807, 2.05) is 0 Å². The van der Waals surface area contributed by atoms with Gasteiger partial charge in [0.2, 0.25) is 11.9 Å². The van der Waals surface area contributed by atoms with Gasteiger partial charge in [0, 0.05) is 42.9 Å². The molecule has 3 aromatic rings. The lowest BCUT2D eigenvalue weighted by molar-refractivity contribution is -0.119. The second-order valence-corrected chi connectivity index (χ2v) is 11.5. The van der Waals surface area contributed by atoms with Gasteiger partial charge in [0.05, 0.1) is 5.56 Å². The molecule has 0 aliphatic heterocycles. The molecule has 0 radical (unpaired) electrons. The molecule has 40 heavy (non-hydrogen) atoms. The van der Waals surface area contributed by atoms with E-state index in [9.17, 15) is 31.5 Å². The van der Waals surface area contributed by atoms with Crippen molar-refractivity contribution in [3.8, 4) is 0 Å². The summed E-state index contributed by atoms with van der Waals surface area (Å²) in [6, 6.07) is 0.966. The van der Waals surface area contributed by atoms with Gasteiger partial charge in [0.15, 0.2) is 0 Å². The highest BCUT2D eigenvalue weighted by Gasteiger charge is 2.61. The Morgan fingerprint density at radius 1 is 1.30 bits per heavy atom. The number of carbonyl (C=O) groups excluding carboxylic acids is 2. The molecule has 2 saturated carbocycles. The molecule has 0 saturated heterocycles. The average Bonchev–Trinajstić information content (AvgIpc) is 3.50. The van der Waals surface area contributed by atoms with Gasteiger partial charge >= 0.3 is 0 Å². The highest BCUT2D eigenvalue weighted by Crippen LogP contribution is 2.50. The Balaban J connectivity index is 1.25. The van der Waals surface area contributed by atoms with E-state index >= 15 is 0 Å². The number of rotatable bonds is 9. The number of carbonyl (C=O) groups is 2. The zero-order valence-electron chi connectivity index (χ0n) is 21.1. The smallest absolute Gasteiger partial charge is 0.282 e. The average molecular weight is 585 g/mol. The first-order chi connectivity index (χ1) is 19.0. The standard InChI is InChI=1S/C24H25F5N8O2S/c1-36-17(6-15(35-36)19(26)27)32-23-34-31-9-37(23)11-2-3-16-12(5-11)18(21(39)30-8-10-4-14(10)25)22(40-16)33-20(38)13-7-24(13,28)29/h6,9-11,13-14,19H,2-5,7-8H2,1H3,(H,30,39)(H,32,34)(H,33,38)/t10-,11+,13-,14-/m1/s1. The molecule has 3 aliphatic carbocycles. The van der Waals surface area contributed by atoms with Crippen molar-refractivity contribution < 1.29 is 31.5 Å². The summed E-state index contributed by atoms with van der Waals surface area (Å²) < 4.78 is 69.6. The van der Waals surface area contributed by atoms with Crippen molar-refractivity contribution in [2.75, 3.05) is 17.2 Å². The van der Waals surface area contributed by atoms with Crippen LogP contribution in [0.25, 0.3) is 0 Å². The normalized spacial score (nSPS) is 24.5. The van der Waals surface area contributed by atoms with E-state index < -0.39 is 48.4 Å². The molecule has 0 spiro atoms. The van der Waals surface area contributed by atoms with Crippen LogP contribution in [0.15, 0.2) is 12.4 Å². The topological polar surface area (TPSA) is 119 Å². The molecule has 3 N–H and O–H groups in total. The van der Waals surface area contributed by atoms with Gasteiger partial charge in [0.1, 0.15) is 34.9 Å². The fourth-order valence-corrected chi connectivity index (χ4v) is 6.23. The Kier molecular flexibility index (Phi) is 6.54. The van der Waals surface area contributed by atoms with Gasteiger partial charge in [-0.1, -0.05) is 0 Å². The fraction of sp³-hybridized carbons (Fsp3) is 0.542. The number of aryl methyl sites for hydroxylation is 2. The zero-order chi connectivity index (χ0) is 28.3. The maximum atomic E-state index is 13.5. The number of hydrogen-bond acceptors (Lipinski definition) is 7. The molecule has 214 valence electrons. The summed E-state index contributed by atoms with van der Waals surface area (Å²) in [6.07, 6.45) is -0.928. The summed E-state index contributed by atoms with van der Waals surface area (Å²) >= 11 is 1.18. The van der Waals surface area contributed by atoms with Crippen LogP contribution in [0.4, 0.5) is 38.7 Å². The third kappa shape index (κ3) is 5.04. The minimum absolute atomic E-state index is 0.132. The van der Waals surface area contributed by atoms with Gasteiger partial charge in [-0.3, -0.25) is 18.8 Å². The number of alkyl halides is 5. The van der Waals surface area contributed by atoms with Crippen molar-refractivity contribution >= 4 is 39.9 Å². The number of nitrogens with one attached hydrogen (secondary N) is 3. The molecule has 10 nitrogen and oxygen atoms in total. The van der Waals surface area contributed by atoms with Crippen LogP contribution in [0.1, 0.15) is 58.2 Å². The summed E-state index contributed by atoms with van der Waals surface area (Å²) in [4.78, 5) is 26.6. The van der Waals surface area contributed by atoms with Crippen molar-refractivity contribution in [2.24, 2.45) is 18.9 Å². The Hall–Kier alpha value is -3.56. The van der Waals surface area contributed by atoms with Crippen LogP contribution in [0.2, 0.25) is 0 Å². The predicted molar refractivity (Wildman–Crippen MR) is 134 cm³/mol. The molecule has 4 atom stereocenters. The molecule has 0 aromatic carbocycles. The lowest BCUT2D eigenvalue weighted by Crippen LogP contribution is -2.29. The highest BCUT2D eigenvalue weighted by molar-refractivity contribution is 7.17. The summed E-state index contributed by atoms with van der Waals surface area (Å²) in [5.41, 5.74) is 0.453. The van der Waals surface area contributed by atoms with Crippen molar-refractivity contribution in [3.05, 3.63) is 34.1 Å². The van der Waals surface area contributed by atoms with E-state index in [4.69, 9.17) is 0 Å². The van der Waals surface area contributed by atoms with E-state index in [1.54, 1.807) is 4.57 Å². The molecular formula is C24H25F5N8O2S. The van der Waals surface area contributed by atoms with E-state index in [0.717, 1.165) is 4.88 Å². The quantitative estimate of drug-likeness (QED) is 0.325. The number of nitrogens with zero attached hydrogens (tertiary/aromatic N) is 5. The Morgan fingerprint density at radius 3 is 2.70 bits per heavy atom.